The first-order valence-corrected chi connectivity index (χ1v) is 4.19. The first-order valence-electron chi connectivity index (χ1n) is 4.19. The number of rotatable bonds is 2. The van der Waals surface area contributed by atoms with Crippen LogP contribution in [0, 0.1) is 5.92 Å². The lowest BCUT2D eigenvalue weighted by Crippen LogP contribution is -2.37. The Morgan fingerprint density at radius 3 is 2.58 bits per heavy atom. The van der Waals surface area contributed by atoms with Gasteiger partial charge in [-0.15, -0.1) is 0 Å². The number of piperidine rings is 1. The molecule has 1 aliphatic rings. The number of likely N-dealkylation sites (tertiary alicyclic amines) is 1. The highest BCUT2D eigenvalue weighted by atomic mass is 16.5. The van der Waals surface area contributed by atoms with E-state index in [1.807, 2.05) is 4.90 Å². The van der Waals surface area contributed by atoms with Crippen LogP contribution in [0.25, 0.3) is 0 Å². The zero-order valence-corrected chi connectivity index (χ0v) is 7.32. The van der Waals surface area contributed by atoms with E-state index in [-0.39, 0.29) is 18.6 Å². The molecule has 0 atom stereocenters. The molecule has 0 spiro atoms. The third kappa shape index (κ3) is 2.19. The molecule has 4 nitrogen and oxygen atoms in total. The minimum Gasteiger partial charge on any atom is -0.469 e. The van der Waals surface area contributed by atoms with E-state index in [4.69, 9.17) is 5.11 Å². The fraction of sp³-hybridized carbons (Fsp3) is 0.875. The number of carbonyl (C=O) groups is 1. The molecule has 0 aliphatic carbocycles. The summed E-state index contributed by atoms with van der Waals surface area (Å²) in [6.07, 6.45) is 1.60. The third-order valence-corrected chi connectivity index (χ3v) is 2.32. The molecule has 1 N–H and O–H groups in total. The Labute approximate surface area is 72.1 Å². The van der Waals surface area contributed by atoms with Gasteiger partial charge < -0.3 is 9.84 Å². The van der Waals surface area contributed by atoms with Crippen molar-refractivity contribution in [2.75, 3.05) is 26.9 Å². The van der Waals surface area contributed by atoms with Crippen molar-refractivity contribution >= 4 is 5.97 Å². The molecule has 1 saturated heterocycles. The quantitative estimate of drug-likeness (QED) is 0.589. The molecule has 0 amide bonds. The number of aliphatic hydroxyl groups excluding tert-OH is 1. The van der Waals surface area contributed by atoms with E-state index in [0.717, 1.165) is 25.9 Å². The van der Waals surface area contributed by atoms with Crippen molar-refractivity contribution in [3.05, 3.63) is 0 Å². The second kappa shape index (κ2) is 4.42. The molecule has 0 unspecified atom stereocenters. The third-order valence-electron chi connectivity index (χ3n) is 2.32. The average molecular weight is 173 g/mol. The molecule has 1 rings (SSSR count). The molecular weight excluding hydrogens is 158 g/mol. The Kier molecular flexibility index (Phi) is 3.49. The van der Waals surface area contributed by atoms with Crippen LogP contribution in [-0.4, -0.2) is 42.9 Å². The lowest BCUT2D eigenvalue weighted by atomic mass is 9.97. The maximum atomic E-state index is 11.1. The van der Waals surface area contributed by atoms with Crippen molar-refractivity contribution in [1.29, 1.82) is 0 Å². The Morgan fingerprint density at radius 2 is 2.17 bits per heavy atom. The summed E-state index contributed by atoms with van der Waals surface area (Å²) in [5.74, 6) is -0.0783. The molecule has 1 heterocycles. The molecule has 4 heteroatoms. The van der Waals surface area contributed by atoms with Crippen LogP contribution >= 0.6 is 0 Å². The first kappa shape index (κ1) is 9.48. The summed E-state index contributed by atoms with van der Waals surface area (Å²) in [7, 11) is 1.42. The van der Waals surface area contributed by atoms with Gasteiger partial charge in [-0.3, -0.25) is 9.69 Å². The summed E-state index contributed by atoms with van der Waals surface area (Å²) in [5.41, 5.74) is 0. The van der Waals surface area contributed by atoms with Gasteiger partial charge in [0, 0.05) is 13.1 Å². The second-order valence-corrected chi connectivity index (χ2v) is 3.06. The molecule has 12 heavy (non-hydrogen) atoms. The number of methoxy groups -OCH3 is 1. The summed E-state index contributed by atoms with van der Waals surface area (Å²) in [6.45, 7) is 1.67. The van der Waals surface area contributed by atoms with Gasteiger partial charge in [0.25, 0.3) is 0 Å². The van der Waals surface area contributed by atoms with Crippen LogP contribution in [0.5, 0.6) is 0 Å². The SMILES string of the molecule is COC(=O)C1CCN(CO)CC1. The number of aliphatic hydroxyl groups is 1. The molecule has 1 fully saturated rings. The molecular formula is C8H15NO3. The van der Waals surface area contributed by atoms with Gasteiger partial charge in [0.2, 0.25) is 0 Å². The van der Waals surface area contributed by atoms with Crippen LogP contribution in [0.4, 0.5) is 0 Å². The monoisotopic (exact) mass is 173 g/mol. The van der Waals surface area contributed by atoms with E-state index in [9.17, 15) is 4.79 Å². The van der Waals surface area contributed by atoms with E-state index < -0.39 is 0 Å². The lowest BCUT2D eigenvalue weighted by molar-refractivity contribution is -0.147. The van der Waals surface area contributed by atoms with Gasteiger partial charge in [-0.05, 0) is 12.8 Å². The fourth-order valence-electron chi connectivity index (χ4n) is 1.48. The van der Waals surface area contributed by atoms with Crippen molar-refractivity contribution < 1.29 is 14.6 Å². The van der Waals surface area contributed by atoms with Crippen molar-refractivity contribution in [1.82, 2.24) is 4.90 Å². The van der Waals surface area contributed by atoms with Crippen LogP contribution < -0.4 is 0 Å². The fourth-order valence-corrected chi connectivity index (χ4v) is 1.48. The van der Waals surface area contributed by atoms with Crippen molar-refractivity contribution in [2.45, 2.75) is 12.8 Å². The van der Waals surface area contributed by atoms with Gasteiger partial charge in [0.1, 0.15) is 0 Å². The van der Waals surface area contributed by atoms with Gasteiger partial charge in [-0.1, -0.05) is 0 Å². The van der Waals surface area contributed by atoms with Crippen LogP contribution in [-0.2, 0) is 9.53 Å². The van der Waals surface area contributed by atoms with E-state index in [1.165, 1.54) is 7.11 Å². The van der Waals surface area contributed by atoms with Gasteiger partial charge in [0.15, 0.2) is 0 Å². The maximum Gasteiger partial charge on any atom is 0.308 e. The smallest absolute Gasteiger partial charge is 0.308 e. The molecule has 0 aromatic carbocycles. The molecule has 0 radical (unpaired) electrons. The first-order chi connectivity index (χ1) is 5.77. The Balaban J connectivity index is 2.30. The number of carbonyl (C=O) groups excluding carboxylic acids is 1. The van der Waals surface area contributed by atoms with Gasteiger partial charge in [-0.2, -0.15) is 0 Å². The normalized spacial score (nSPS) is 20.8. The highest BCUT2D eigenvalue weighted by molar-refractivity contribution is 5.72. The van der Waals surface area contributed by atoms with Crippen LogP contribution in [0.15, 0.2) is 0 Å². The second-order valence-electron chi connectivity index (χ2n) is 3.06. The van der Waals surface area contributed by atoms with Crippen LogP contribution in [0.3, 0.4) is 0 Å². The Bertz CT molecular complexity index is 152. The van der Waals surface area contributed by atoms with E-state index in [1.54, 1.807) is 0 Å². The summed E-state index contributed by atoms with van der Waals surface area (Å²) >= 11 is 0. The minimum atomic E-state index is -0.118. The molecule has 0 aromatic rings. The highest BCUT2D eigenvalue weighted by Crippen LogP contribution is 2.17. The molecule has 1 aliphatic heterocycles. The topological polar surface area (TPSA) is 49.8 Å². The van der Waals surface area contributed by atoms with E-state index >= 15 is 0 Å². The minimum absolute atomic E-state index is 0.0396. The largest absolute Gasteiger partial charge is 0.469 e. The van der Waals surface area contributed by atoms with Gasteiger partial charge in [0.05, 0.1) is 19.8 Å². The van der Waals surface area contributed by atoms with Crippen LogP contribution in [0.1, 0.15) is 12.8 Å². The Hall–Kier alpha value is -0.610. The zero-order valence-electron chi connectivity index (χ0n) is 7.32. The van der Waals surface area contributed by atoms with Gasteiger partial charge >= 0.3 is 5.97 Å². The number of hydrogen-bond donors (Lipinski definition) is 1. The Morgan fingerprint density at radius 1 is 1.58 bits per heavy atom. The van der Waals surface area contributed by atoms with Crippen molar-refractivity contribution in [3.8, 4) is 0 Å². The molecule has 0 bridgehead atoms. The lowest BCUT2D eigenvalue weighted by Gasteiger charge is -2.28. The molecule has 0 saturated carbocycles. The highest BCUT2D eigenvalue weighted by Gasteiger charge is 2.24. The predicted octanol–water partition coefficient (Wildman–Crippen LogP) is -0.179. The van der Waals surface area contributed by atoms with E-state index in [2.05, 4.69) is 4.74 Å². The average Bonchev–Trinajstić information content (AvgIpc) is 2.17. The number of esters is 1. The molecule has 0 aromatic heterocycles. The van der Waals surface area contributed by atoms with Crippen LogP contribution in [0.2, 0.25) is 0 Å². The van der Waals surface area contributed by atoms with Gasteiger partial charge in [-0.25, -0.2) is 0 Å². The standard InChI is InChI=1S/C8H15NO3/c1-12-8(11)7-2-4-9(6-10)5-3-7/h7,10H,2-6H2,1H3. The number of ether oxygens (including phenoxy) is 1. The summed E-state index contributed by atoms with van der Waals surface area (Å²) < 4.78 is 4.64. The van der Waals surface area contributed by atoms with Crippen molar-refractivity contribution in [2.24, 2.45) is 5.92 Å². The summed E-state index contributed by atoms with van der Waals surface area (Å²) in [4.78, 5) is 13.0. The summed E-state index contributed by atoms with van der Waals surface area (Å²) in [6, 6.07) is 0. The maximum absolute atomic E-state index is 11.1. The number of nitrogens with zero attached hydrogens (tertiary/aromatic N) is 1. The molecule has 70 valence electrons. The van der Waals surface area contributed by atoms with Crippen molar-refractivity contribution in [3.63, 3.8) is 0 Å². The zero-order chi connectivity index (χ0) is 8.97. The predicted molar refractivity (Wildman–Crippen MR) is 43.4 cm³/mol. The van der Waals surface area contributed by atoms with E-state index in [0.29, 0.717) is 0 Å². The summed E-state index contributed by atoms with van der Waals surface area (Å²) in [5, 5.41) is 8.78. The number of hydrogen-bond acceptors (Lipinski definition) is 4.